The topological polar surface area (TPSA) is 95.6 Å². The Labute approximate surface area is 204 Å². The van der Waals surface area contributed by atoms with Crippen molar-refractivity contribution in [2.45, 2.75) is 25.3 Å². The van der Waals surface area contributed by atoms with Crippen LogP contribution in [0.3, 0.4) is 0 Å². The van der Waals surface area contributed by atoms with Gasteiger partial charge in [0.15, 0.2) is 11.3 Å². The summed E-state index contributed by atoms with van der Waals surface area (Å²) in [5, 5.41) is 5.61. The Hall–Kier alpha value is -4.26. The third kappa shape index (κ3) is 4.99. The van der Waals surface area contributed by atoms with Gasteiger partial charge < -0.3 is 10.6 Å². The average molecular weight is 470 g/mol. The number of ketones is 1. The first-order valence-corrected chi connectivity index (χ1v) is 11.5. The van der Waals surface area contributed by atoms with Crippen LogP contribution in [0.2, 0.25) is 0 Å². The van der Waals surface area contributed by atoms with Gasteiger partial charge in [-0.05, 0) is 29.5 Å². The van der Waals surface area contributed by atoms with Gasteiger partial charge in [0.05, 0.1) is 6.54 Å². The minimum atomic E-state index is -1.39. The molecule has 0 aliphatic carbocycles. The van der Waals surface area contributed by atoms with Crippen LogP contribution in [0.5, 0.6) is 0 Å². The van der Waals surface area contributed by atoms with Crippen molar-refractivity contribution in [3.63, 3.8) is 0 Å². The summed E-state index contributed by atoms with van der Waals surface area (Å²) in [4.78, 5) is 51.6. The first kappa shape index (κ1) is 23.9. The van der Waals surface area contributed by atoms with Crippen LogP contribution in [0, 0.1) is 0 Å². The summed E-state index contributed by atoms with van der Waals surface area (Å²) in [5.41, 5.74) is 1.32. The molecule has 1 heterocycles. The highest BCUT2D eigenvalue weighted by Crippen LogP contribution is 2.36. The van der Waals surface area contributed by atoms with E-state index in [-0.39, 0.29) is 18.2 Å². The van der Waals surface area contributed by atoms with Crippen LogP contribution >= 0.6 is 0 Å². The Morgan fingerprint density at radius 1 is 0.857 bits per heavy atom. The molecule has 4 amide bonds. The summed E-state index contributed by atoms with van der Waals surface area (Å²) in [7, 11) is 0. The van der Waals surface area contributed by atoms with Gasteiger partial charge in [0, 0.05) is 19.0 Å². The maximum atomic E-state index is 13.7. The van der Waals surface area contributed by atoms with Crippen molar-refractivity contribution in [2.24, 2.45) is 0 Å². The van der Waals surface area contributed by atoms with Crippen LogP contribution in [0.1, 0.15) is 40.4 Å². The lowest BCUT2D eigenvalue weighted by Gasteiger charge is -2.28. The number of benzene rings is 3. The molecule has 1 saturated heterocycles. The van der Waals surface area contributed by atoms with Crippen LogP contribution in [-0.4, -0.2) is 41.6 Å². The summed E-state index contributed by atoms with van der Waals surface area (Å²) < 4.78 is 0. The molecule has 35 heavy (non-hydrogen) atoms. The molecule has 0 atom stereocenters. The lowest BCUT2D eigenvalue weighted by molar-refractivity contribution is -0.130. The minimum absolute atomic E-state index is 0.0602. The lowest BCUT2D eigenvalue weighted by atomic mass is 9.82. The molecule has 3 aromatic rings. The molecule has 0 saturated carbocycles. The first-order chi connectivity index (χ1) is 16.9. The number of aryl methyl sites for hydroxylation is 1. The van der Waals surface area contributed by atoms with Crippen molar-refractivity contribution in [3.05, 3.63) is 107 Å². The average Bonchev–Trinajstić information content (AvgIpc) is 3.13. The second kappa shape index (κ2) is 10.3. The van der Waals surface area contributed by atoms with E-state index in [0.29, 0.717) is 23.2 Å². The molecular formula is C28H27N3O4. The van der Waals surface area contributed by atoms with Crippen LogP contribution in [-0.2, 0) is 21.5 Å². The predicted molar refractivity (Wildman–Crippen MR) is 132 cm³/mol. The van der Waals surface area contributed by atoms with Gasteiger partial charge in [-0.3, -0.25) is 19.3 Å². The smallest absolute Gasteiger partial charge is 0.325 e. The highest BCUT2D eigenvalue weighted by atomic mass is 16.2. The molecule has 2 N–H and O–H groups in total. The normalized spacial score (nSPS) is 14.5. The second-order valence-electron chi connectivity index (χ2n) is 8.51. The number of imide groups is 1. The van der Waals surface area contributed by atoms with E-state index in [1.54, 1.807) is 36.4 Å². The van der Waals surface area contributed by atoms with E-state index in [4.69, 9.17) is 0 Å². The van der Waals surface area contributed by atoms with Gasteiger partial charge in [-0.25, -0.2) is 4.79 Å². The van der Waals surface area contributed by atoms with Crippen molar-refractivity contribution >= 4 is 23.6 Å². The number of nitrogens with one attached hydrogen (secondary N) is 2. The molecule has 0 radical (unpaired) electrons. The number of hydrogen-bond donors (Lipinski definition) is 2. The van der Waals surface area contributed by atoms with Gasteiger partial charge in [-0.2, -0.15) is 0 Å². The Morgan fingerprint density at radius 3 is 1.97 bits per heavy atom. The fourth-order valence-corrected chi connectivity index (χ4v) is 4.30. The van der Waals surface area contributed by atoms with Crippen LogP contribution in [0.25, 0.3) is 0 Å². The Balaban J connectivity index is 1.51. The van der Waals surface area contributed by atoms with Gasteiger partial charge in [-0.15, -0.1) is 0 Å². The Kier molecular flexibility index (Phi) is 7.06. The van der Waals surface area contributed by atoms with E-state index >= 15 is 0 Å². The van der Waals surface area contributed by atoms with Crippen molar-refractivity contribution in [2.75, 3.05) is 13.1 Å². The third-order valence-corrected chi connectivity index (χ3v) is 6.11. The minimum Gasteiger partial charge on any atom is -0.356 e. The maximum absolute atomic E-state index is 13.7. The van der Waals surface area contributed by atoms with E-state index in [9.17, 15) is 19.2 Å². The van der Waals surface area contributed by atoms with Crippen molar-refractivity contribution < 1.29 is 19.2 Å². The summed E-state index contributed by atoms with van der Waals surface area (Å²) in [6, 6.07) is 24.6. The van der Waals surface area contributed by atoms with Gasteiger partial charge in [-0.1, -0.05) is 84.9 Å². The van der Waals surface area contributed by atoms with Gasteiger partial charge >= 0.3 is 6.03 Å². The van der Waals surface area contributed by atoms with E-state index in [2.05, 4.69) is 10.6 Å². The molecule has 0 unspecified atom stereocenters. The van der Waals surface area contributed by atoms with E-state index in [1.807, 2.05) is 48.5 Å². The van der Waals surface area contributed by atoms with Gasteiger partial charge in [0.1, 0.15) is 0 Å². The van der Waals surface area contributed by atoms with Crippen molar-refractivity contribution in [1.29, 1.82) is 0 Å². The molecule has 1 fully saturated rings. The number of nitrogens with zero attached hydrogens (tertiary/aromatic N) is 1. The molecule has 1 aliphatic rings. The molecular weight excluding hydrogens is 442 g/mol. The van der Waals surface area contributed by atoms with E-state index in [0.717, 1.165) is 23.3 Å². The third-order valence-electron chi connectivity index (χ3n) is 6.11. The lowest BCUT2D eigenvalue weighted by Crippen LogP contribution is -2.45. The highest BCUT2D eigenvalue weighted by Gasteiger charge is 2.54. The number of carbonyl (C=O) groups is 4. The fraction of sp³-hybridized carbons (Fsp3) is 0.214. The van der Waals surface area contributed by atoms with Crippen LogP contribution in [0.4, 0.5) is 4.79 Å². The number of rotatable bonds is 9. The Morgan fingerprint density at radius 2 is 1.43 bits per heavy atom. The quantitative estimate of drug-likeness (QED) is 0.285. The van der Waals surface area contributed by atoms with E-state index < -0.39 is 17.5 Å². The van der Waals surface area contributed by atoms with Crippen molar-refractivity contribution in [1.82, 2.24) is 15.5 Å². The number of urea groups is 1. The zero-order chi connectivity index (χ0) is 24.8. The number of carbonyl (C=O) groups excluding carboxylic acids is 4. The molecule has 0 aromatic heterocycles. The molecule has 3 aromatic carbocycles. The molecule has 7 heteroatoms. The number of hydrogen-bond acceptors (Lipinski definition) is 4. The molecule has 0 bridgehead atoms. The van der Waals surface area contributed by atoms with Crippen LogP contribution in [0.15, 0.2) is 84.9 Å². The summed E-state index contributed by atoms with van der Waals surface area (Å²) >= 11 is 0. The first-order valence-electron chi connectivity index (χ1n) is 11.5. The monoisotopic (exact) mass is 469 g/mol. The maximum Gasteiger partial charge on any atom is 0.325 e. The predicted octanol–water partition coefficient (Wildman–Crippen LogP) is 3.43. The number of Topliss-reactive ketones (excluding diaryl/α,β-unsaturated/α-hetero) is 1. The molecule has 178 valence electrons. The number of amides is 4. The molecule has 1 aliphatic heterocycles. The highest BCUT2D eigenvalue weighted by molar-refractivity contribution is 6.13. The van der Waals surface area contributed by atoms with Gasteiger partial charge in [0.2, 0.25) is 5.91 Å². The summed E-state index contributed by atoms with van der Waals surface area (Å²) in [6.07, 6.45) is 1.55. The van der Waals surface area contributed by atoms with Crippen molar-refractivity contribution in [3.8, 4) is 0 Å². The van der Waals surface area contributed by atoms with Crippen LogP contribution < -0.4 is 10.6 Å². The van der Waals surface area contributed by atoms with Gasteiger partial charge in [0.25, 0.3) is 5.91 Å². The molecule has 4 rings (SSSR count). The summed E-state index contributed by atoms with van der Waals surface area (Å²) in [6.45, 7) is 1.72. The molecule has 7 nitrogen and oxygen atoms in total. The largest absolute Gasteiger partial charge is 0.356 e. The zero-order valence-electron chi connectivity index (χ0n) is 19.5. The fourth-order valence-electron chi connectivity index (χ4n) is 4.30. The summed E-state index contributed by atoms with van der Waals surface area (Å²) in [5.74, 6) is -0.868. The SMILES string of the molecule is CC(=O)NCCCc1ccc(C(=O)CN2C(=O)NC(c3ccccc3)(c3ccccc3)C2=O)cc1. The second-order valence-corrected chi connectivity index (χ2v) is 8.51. The standard InChI is InChI=1S/C28H27N3O4/c1-20(32)29-18-8-9-21-14-16-22(17-15-21)25(33)19-31-26(34)28(30-27(31)35,23-10-4-2-5-11-23)24-12-6-3-7-13-24/h2-7,10-17H,8-9,18-19H2,1H3,(H,29,32)(H,30,35). The Bertz CT molecular complexity index is 1180. The zero-order valence-corrected chi connectivity index (χ0v) is 19.5. The van der Waals surface area contributed by atoms with E-state index in [1.165, 1.54) is 6.92 Å². The molecule has 0 spiro atoms.